The molecule has 1 aromatic heterocycles. The van der Waals surface area contributed by atoms with Gasteiger partial charge in [-0.15, -0.1) is 11.3 Å². The number of aryl methyl sites for hydroxylation is 1. The zero-order valence-electron chi connectivity index (χ0n) is 8.85. The summed E-state index contributed by atoms with van der Waals surface area (Å²) in [5, 5.41) is 3.38. The quantitative estimate of drug-likeness (QED) is 0.835. The Kier molecular flexibility index (Phi) is 5.75. The van der Waals surface area contributed by atoms with Crippen LogP contribution in [0.4, 0.5) is 0 Å². The summed E-state index contributed by atoms with van der Waals surface area (Å²) >= 11 is 5.34. The SMILES string of the molecule is CCNCC(C)CCc1ccc(Br)s1. The van der Waals surface area contributed by atoms with Crippen LogP contribution in [-0.4, -0.2) is 13.1 Å². The molecule has 0 saturated carbocycles. The first-order chi connectivity index (χ1) is 6.72. The summed E-state index contributed by atoms with van der Waals surface area (Å²) in [6.45, 7) is 6.69. The van der Waals surface area contributed by atoms with Crippen molar-refractivity contribution in [3.8, 4) is 0 Å². The van der Waals surface area contributed by atoms with Crippen LogP contribution in [0, 0.1) is 5.92 Å². The van der Waals surface area contributed by atoms with Crippen molar-refractivity contribution >= 4 is 27.3 Å². The average molecular weight is 276 g/mol. The molecule has 1 unspecified atom stereocenters. The van der Waals surface area contributed by atoms with E-state index in [2.05, 4.69) is 47.2 Å². The van der Waals surface area contributed by atoms with Gasteiger partial charge in [-0.2, -0.15) is 0 Å². The molecular formula is C11H18BrNS. The molecule has 0 aliphatic carbocycles. The van der Waals surface area contributed by atoms with Crippen LogP contribution in [0.5, 0.6) is 0 Å². The third-order valence-corrected chi connectivity index (χ3v) is 3.94. The van der Waals surface area contributed by atoms with Crippen LogP contribution in [-0.2, 0) is 6.42 Å². The van der Waals surface area contributed by atoms with E-state index in [0.29, 0.717) is 0 Å². The van der Waals surface area contributed by atoms with Crippen molar-refractivity contribution in [1.82, 2.24) is 5.32 Å². The molecule has 1 N–H and O–H groups in total. The van der Waals surface area contributed by atoms with Crippen LogP contribution >= 0.6 is 27.3 Å². The van der Waals surface area contributed by atoms with Gasteiger partial charge in [0.05, 0.1) is 3.79 Å². The summed E-state index contributed by atoms with van der Waals surface area (Å²) in [7, 11) is 0. The van der Waals surface area contributed by atoms with E-state index in [1.807, 2.05) is 11.3 Å². The summed E-state index contributed by atoms with van der Waals surface area (Å²) < 4.78 is 1.24. The number of halogens is 1. The van der Waals surface area contributed by atoms with Crippen LogP contribution in [0.3, 0.4) is 0 Å². The Hall–Kier alpha value is 0.140. The fraction of sp³-hybridized carbons (Fsp3) is 0.636. The highest BCUT2D eigenvalue weighted by Gasteiger charge is 2.03. The summed E-state index contributed by atoms with van der Waals surface area (Å²) in [5.74, 6) is 0.774. The second-order valence-corrected chi connectivity index (χ2v) is 6.20. The van der Waals surface area contributed by atoms with E-state index in [1.54, 1.807) is 0 Å². The maximum absolute atomic E-state index is 3.49. The normalized spacial score (nSPS) is 13.1. The van der Waals surface area contributed by atoms with Crippen molar-refractivity contribution < 1.29 is 0 Å². The predicted molar refractivity (Wildman–Crippen MR) is 68.0 cm³/mol. The Morgan fingerprint density at radius 1 is 1.50 bits per heavy atom. The van der Waals surface area contributed by atoms with E-state index in [0.717, 1.165) is 19.0 Å². The Morgan fingerprint density at radius 2 is 2.29 bits per heavy atom. The predicted octanol–water partition coefficient (Wildman–Crippen LogP) is 3.69. The molecule has 1 nitrogen and oxygen atoms in total. The maximum Gasteiger partial charge on any atom is 0.0701 e. The van der Waals surface area contributed by atoms with Crippen LogP contribution in [0.2, 0.25) is 0 Å². The lowest BCUT2D eigenvalue weighted by Gasteiger charge is -2.10. The van der Waals surface area contributed by atoms with Crippen molar-refractivity contribution in [3.63, 3.8) is 0 Å². The van der Waals surface area contributed by atoms with Crippen molar-refractivity contribution in [3.05, 3.63) is 20.8 Å². The van der Waals surface area contributed by atoms with Crippen molar-refractivity contribution in [2.75, 3.05) is 13.1 Å². The Bertz CT molecular complexity index is 260. The molecule has 3 heteroatoms. The molecular weight excluding hydrogens is 258 g/mol. The molecule has 1 atom stereocenters. The molecule has 0 aliphatic rings. The average Bonchev–Trinajstić information content (AvgIpc) is 2.58. The van der Waals surface area contributed by atoms with Crippen molar-refractivity contribution in [2.24, 2.45) is 5.92 Å². The Labute approximate surface area is 99.0 Å². The Balaban J connectivity index is 2.20. The monoisotopic (exact) mass is 275 g/mol. The minimum absolute atomic E-state index is 0.774. The molecule has 0 saturated heterocycles. The largest absolute Gasteiger partial charge is 0.317 e. The molecule has 0 bridgehead atoms. The van der Waals surface area contributed by atoms with Gasteiger partial charge in [0, 0.05) is 4.88 Å². The molecule has 1 rings (SSSR count). The first kappa shape index (κ1) is 12.2. The molecule has 80 valence electrons. The minimum Gasteiger partial charge on any atom is -0.317 e. The molecule has 14 heavy (non-hydrogen) atoms. The standard InChI is InChI=1S/C11H18BrNS/c1-3-13-8-9(2)4-5-10-6-7-11(12)14-10/h6-7,9,13H,3-5,8H2,1-2H3. The number of hydrogen-bond donors (Lipinski definition) is 1. The van der Waals surface area contributed by atoms with Crippen LogP contribution < -0.4 is 5.32 Å². The summed E-state index contributed by atoms with van der Waals surface area (Å²) in [5.41, 5.74) is 0. The molecule has 0 fully saturated rings. The maximum atomic E-state index is 3.49. The van der Waals surface area contributed by atoms with Gasteiger partial charge in [-0.25, -0.2) is 0 Å². The van der Waals surface area contributed by atoms with E-state index in [-0.39, 0.29) is 0 Å². The topological polar surface area (TPSA) is 12.0 Å². The molecule has 1 aromatic rings. The first-order valence-electron chi connectivity index (χ1n) is 5.17. The number of thiophene rings is 1. The zero-order valence-corrected chi connectivity index (χ0v) is 11.2. The number of hydrogen-bond acceptors (Lipinski definition) is 2. The second kappa shape index (κ2) is 6.59. The molecule has 0 aliphatic heterocycles. The summed E-state index contributed by atoms with van der Waals surface area (Å²) in [4.78, 5) is 1.49. The molecule has 0 aromatic carbocycles. The molecule has 1 heterocycles. The van der Waals surface area contributed by atoms with Crippen LogP contribution in [0.1, 0.15) is 25.1 Å². The van der Waals surface area contributed by atoms with Gasteiger partial charge >= 0.3 is 0 Å². The highest BCUT2D eigenvalue weighted by molar-refractivity contribution is 9.11. The summed E-state index contributed by atoms with van der Waals surface area (Å²) in [6.07, 6.45) is 2.49. The smallest absolute Gasteiger partial charge is 0.0701 e. The van der Waals surface area contributed by atoms with Gasteiger partial charge in [-0.3, -0.25) is 0 Å². The fourth-order valence-electron chi connectivity index (χ4n) is 1.37. The highest BCUT2D eigenvalue weighted by Crippen LogP contribution is 2.23. The van der Waals surface area contributed by atoms with Crippen LogP contribution in [0.15, 0.2) is 15.9 Å². The highest BCUT2D eigenvalue weighted by atomic mass is 79.9. The second-order valence-electron chi connectivity index (χ2n) is 3.66. The van der Waals surface area contributed by atoms with Crippen molar-refractivity contribution in [1.29, 1.82) is 0 Å². The Morgan fingerprint density at radius 3 is 2.86 bits per heavy atom. The van der Waals surface area contributed by atoms with Gasteiger partial charge in [-0.05, 0) is 59.9 Å². The number of rotatable bonds is 6. The molecule has 0 radical (unpaired) electrons. The van der Waals surface area contributed by atoms with Gasteiger partial charge in [0.1, 0.15) is 0 Å². The molecule has 0 spiro atoms. The van der Waals surface area contributed by atoms with Gasteiger partial charge in [-0.1, -0.05) is 13.8 Å². The first-order valence-corrected chi connectivity index (χ1v) is 6.78. The summed E-state index contributed by atoms with van der Waals surface area (Å²) in [6, 6.07) is 4.35. The lowest BCUT2D eigenvalue weighted by molar-refractivity contribution is 0.491. The lowest BCUT2D eigenvalue weighted by atomic mass is 10.1. The minimum atomic E-state index is 0.774. The van der Waals surface area contributed by atoms with Crippen LogP contribution in [0.25, 0.3) is 0 Å². The molecule has 0 amide bonds. The van der Waals surface area contributed by atoms with E-state index in [9.17, 15) is 0 Å². The van der Waals surface area contributed by atoms with E-state index < -0.39 is 0 Å². The van der Waals surface area contributed by atoms with Gasteiger partial charge in [0.2, 0.25) is 0 Å². The third-order valence-electron chi connectivity index (χ3n) is 2.26. The van der Waals surface area contributed by atoms with E-state index in [4.69, 9.17) is 0 Å². The van der Waals surface area contributed by atoms with Crippen molar-refractivity contribution in [2.45, 2.75) is 26.7 Å². The van der Waals surface area contributed by atoms with E-state index in [1.165, 1.54) is 21.5 Å². The van der Waals surface area contributed by atoms with Gasteiger partial charge in [0.15, 0.2) is 0 Å². The number of nitrogens with one attached hydrogen (secondary N) is 1. The van der Waals surface area contributed by atoms with E-state index >= 15 is 0 Å². The zero-order chi connectivity index (χ0) is 10.4. The lowest BCUT2D eigenvalue weighted by Crippen LogP contribution is -2.20. The van der Waals surface area contributed by atoms with Gasteiger partial charge in [0.25, 0.3) is 0 Å². The fourth-order valence-corrected chi connectivity index (χ4v) is 2.87. The van der Waals surface area contributed by atoms with Gasteiger partial charge < -0.3 is 5.32 Å². The third kappa shape index (κ3) is 4.58.